The van der Waals surface area contributed by atoms with Gasteiger partial charge in [0.2, 0.25) is 0 Å². The number of aldehydes is 1. The molecule has 104 valence electrons. The molecule has 2 rings (SSSR count). The van der Waals surface area contributed by atoms with Crippen LogP contribution >= 0.6 is 0 Å². The maximum absolute atomic E-state index is 10.4. The van der Waals surface area contributed by atoms with Crippen LogP contribution in [0.5, 0.6) is 5.75 Å². The molecule has 0 saturated carbocycles. The van der Waals surface area contributed by atoms with Crippen LogP contribution in [0.1, 0.15) is 19.3 Å². The second-order valence-corrected chi connectivity index (χ2v) is 4.90. The number of carbonyl (C=O) groups is 1. The quantitative estimate of drug-likeness (QED) is 0.577. The van der Waals surface area contributed by atoms with Crippen molar-refractivity contribution in [2.45, 2.75) is 19.3 Å². The molecule has 1 fully saturated rings. The molecule has 0 radical (unpaired) electrons. The Morgan fingerprint density at radius 3 is 2.79 bits per heavy atom. The Bertz CT molecular complexity index is 429. The first-order valence-corrected chi connectivity index (χ1v) is 6.71. The average molecular weight is 263 g/mol. The fraction of sp³-hybridized carbons (Fsp3) is 0.571. The van der Waals surface area contributed by atoms with E-state index in [1.807, 2.05) is 31.3 Å². The fourth-order valence-corrected chi connectivity index (χ4v) is 2.21. The van der Waals surface area contributed by atoms with E-state index >= 15 is 0 Å². The molecule has 0 N–H and O–H groups in total. The van der Waals surface area contributed by atoms with Gasteiger partial charge in [-0.05, 0) is 12.8 Å². The smallest absolute Gasteiger partial charge is 0.147 e. The highest BCUT2D eigenvalue weighted by Gasteiger charge is 2.16. The molecule has 1 aromatic rings. The molecule has 0 amide bonds. The van der Waals surface area contributed by atoms with Crippen LogP contribution in [0.3, 0.4) is 0 Å². The van der Waals surface area contributed by atoms with E-state index < -0.39 is 0 Å². The van der Waals surface area contributed by atoms with Gasteiger partial charge < -0.3 is 19.3 Å². The topological polar surface area (TPSA) is 45.7 Å². The monoisotopic (exact) mass is 263 g/mol. The summed E-state index contributed by atoms with van der Waals surface area (Å²) >= 11 is 0. The highest BCUT2D eigenvalue weighted by molar-refractivity contribution is 5.61. The zero-order valence-corrected chi connectivity index (χ0v) is 11.6. The molecule has 0 bridgehead atoms. The summed E-state index contributed by atoms with van der Waals surface area (Å²) in [5.74, 6) is 1.76. The molecular weight excluding hydrogens is 242 g/mol. The number of pyridine rings is 1. The summed E-state index contributed by atoms with van der Waals surface area (Å²) in [6.45, 7) is 2.53. The molecule has 1 aromatic heterocycles. The van der Waals surface area contributed by atoms with Crippen molar-refractivity contribution < 1.29 is 9.53 Å². The standard InChI is InChI=1S/C14H21N3O2/c1-16(2)12-11-15-14(17-6-3-4-7-17)10-13(12)19-9-5-8-18/h8,10-11H,3-7,9H2,1-2H3. The van der Waals surface area contributed by atoms with Crippen molar-refractivity contribution in [1.29, 1.82) is 0 Å². The number of nitrogens with zero attached hydrogens (tertiary/aromatic N) is 3. The van der Waals surface area contributed by atoms with Gasteiger partial charge in [-0.25, -0.2) is 4.98 Å². The number of ether oxygens (including phenoxy) is 1. The zero-order chi connectivity index (χ0) is 13.7. The second-order valence-electron chi connectivity index (χ2n) is 4.90. The summed E-state index contributed by atoms with van der Waals surface area (Å²) in [6, 6.07) is 1.98. The van der Waals surface area contributed by atoms with Gasteiger partial charge >= 0.3 is 0 Å². The Labute approximate surface area is 114 Å². The van der Waals surface area contributed by atoms with E-state index in [-0.39, 0.29) is 0 Å². The number of rotatable bonds is 6. The Morgan fingerprint density at radius 1 is 1.42 bits per heavy atom. The van der Waals surface area contributed by atoms with E-state index in [1.165, 1.54) is 12.8 Å². The van der Waals surface area contributed by atoms with E-state index in [1.54, 1.807) is 0 Å². The molecule has 1 saturated heterocycles. The molecule has 0 aliphatic carbocycles. The maximum atomic E-state index is 10.4. The second kappa shape index (κ2) is 6.41. The normalized spacial score (nSPS) is 14.5. The molecule has 0 unspecified atom stereocenters. The zero-order valence-electron chi connectivity index (χ0n) is 11.6. The number of hydrogen-bond acceptors (Lipinski definition) is 5. The Morgan fingerprint density at radius 2 is 2.16 bits per heavy atom. The molecule has 5 nitrogen and oxygen atoms in total. The molecule has 5 heteroatoms. The molecule has 2 heterocycles. The van der Waals surface area contributed by atoms with Gasteiger partial charge in [0.15, 0.2) is 0 Å². The third kappa shape index (κ3) is 3.36. The molecular formula is C14H21N3O2. The number of aromatic nitrogens is 1. The van der Waals surface area contributed by atoms with Crippen LogP contribution in [-0.2, 0) is 4.79 Å². The molecule has 0 aromatic carbocycles. The lowest BCUT2D eigenvalue weighted by molar-refractivity contribution is -0.108. The van der Waals surface area contributed by atoms with Gasteiger partial charge in [0.25, 0.3) is 0 Å². The van der Waals surface area contributed by atoms with Crippen LogP contribution in [-0.4, -0.2) is 45.1 Å². The van der Waals surface area contributed by atoms with Crippen molar-refractivity contribution in [3.05, 3.63) is 12.3 Å². The summed E-state index contributed by atoms with van der Waals surface area (Å²) < 4.78 is 5.70. The van der Waals surface area contributed by atoms with Crippen LogP contribution in [0.25, 0.3) is 0 Å². The highest BCUT2D eigenvalue weighted by Crippen LogP contribution is 2.31. The summed E-state index contributed by atoms with van der Waals surface area (Å²) in [6.07, 6.45) is 5.56. The van der Waals surface area contributed by atoms with E-state index in [9.17, 15) is 4.79 Å². The van der Waals surface area contributed by atoms with Crippen LogP contribution in [0.2, 0.25) is 0 Å². The third-order valence-corrected chi connectivity index (χ3v) is 3.24. The minimum absolute atomic E-state index is 0.411. The predicted octanol–water partition coefficient (Wildman–Crippen LogP) is 1.72. The van der Waals surface area contributed by atoms with E-state index in [0.717, 1.165) is 36.6 Å². The first-order valence-electron chi connectivity index (χ1n) is 6.71. The van der Waals surface area contributed by atoms with Crippen molar-refractivity contribution in [1.82, 2.24) is 4.98 Å². The van der Waals surface area contributed by atoms with Crippen molar-refractivity contribution in [3.63, 3.8) is 0 Å². The van der Waals surface area contributed by atoms with Crippen molar-refractivity contribution in [2.75, 3.05) is 43.6 Å². The molecule has 1 aliphatic rings. The Kier molecular flexibility index (Phi) is 4.60. The molecule has 19 heavy (non-hydrogen) atoms. The van der Waals surface area contributed by atoms with Crippen molar-refractivity contribution in [2.24, 2.45) is 0 Å². The molecule has 0 spiro atoms. The first kappa shape index (κ1) is 13.6. The lowest BCUT2D eigenvalue weighted by Gasteiger charge is -2.21. The lowest BCUT2D eigenvalue weighted by atomic mass is 10.3. The van der Waals surface area contributed by atoms with E-state index in [0.29, 0.717) is 13.0 Å². The maximum Gasteiger partial charge on any atom is 0.147 e. The molecule has 1 aliphatic heterocycles. The number of carbonyl (C=O) groups excluding carboxylic acids is 1. The van der Waals surface area contributed by atoms with Crippen LogP contribution in [0.15, 0.2) is 12.3 Å². The fourth-order valence-electron chi connectivity index (χ4n) is 2.21. The number of anilines is 2. The minimum Gasteiger partial charge on any atom is -0.491 e. The first-order chi connectivity index (χ1) is 9.22. The van der Waals surface area contributed by atoms with Gasteiger partial charge in [-0.1, -0.05) is 0 Å². The third-order valence-electron chi connectivity index (χ3n) is 3.24. The summed E-state index contributed by atoms with van der Waals surface area (Å²) in [4.78, 5) is 19.1. The van der Waals surface area contributed by atoms with Gasteiger partial charge in [-0.3, -0.25) is 0 Å². The lowest BCUT2D eigenvalue weighted by Crippen LogP contribution is -2.20. The largest absolute Gasteiger partial charge is 0.491 e. The van der Waals surface area contributed by atoms with E-state index in [4.69, 9.17) is 4.74 Å². The van der Waals surface area contributed by atoms with Crippen LogP contribution in [0, 0.1) is 0 Å². The van der Waals surface area contributed by atoms with Gasteiger partial charge in [-0.15, -0.1) is 0 Å². The Hall–Kier alpha value is -1.78. The van der Waals surface area contributed by atoms with Crippen molar-refractivity contribution >= 4 is 17.8 Å². The SMILES string of the molecule is CN(C)c1cnc(N2CCCC2)cc1OCCC=O. The van der Waals surface area contributed by atoms with Gasteiger partial charge in [0.05, 0.1) is 18.5 Å². The van der Waals surface area contributed by atoms with Crippen molar-refractivity contribution in [3.8, 4) is 5.75 Å². The summed E-state index contributed by atoms with van der Waals surface area (Å²) in [5.41, 5.74) is 0.939. The molecule has 0 atom stereocenters. The van der Waals surface area contributed by atoms with Gasteiger partial charge in [0.1, 0.15) is 17.9 Å². The highest BCUT2D eigenvalue weighted by atomic mass is 16.5. The summed E-state index contributed by atoms with van der Waals surface area (Å²) in [5, 5.41) is 0. The Balaban J connectivity index is 2.18. The predicted molar refractivity (Wildman–Crippen MR) is 76.2 cm³/mol. The summed E-state index contributed by atoms with van der Waals surface area (Å²) in [7, 11) is 3.91. The average Bonchev–Trinajstić information content (AvgIpc) is 2.92. The van der Waals surface area contributed by atoms with Gasteiger partial charge in [-0.2, -0.15) is 0 Å². The van der Waals surface area contributed by atoms with Crippen LogP contribution in [0.4, 0.5) is 11.5 Å². The van der Waals surface area contributed by atoms with Gasteiger partial charge in [0, 0.05) is 39.7 Å². The minimum atomic E-state index is 0.411. The van der Waals surface area contributed by atoms with E-state index in [2.05, 4.69) is 9.88 Å². The van der Waals surface area contributed by atoms with Crippen LogP contribution < -0.4 is 14.5 Å². The number of hydrogen-bond donors (Lipinski definition) is 0.